The van der Waals surface area contributed by atoms with Gasteiger partial charge in [0.15, 0.2) is 0 Å². The van der Waals surface area contributed by atoms with Crippen molar-refractivity contribution in [3.8, 4) is 0 Å². The topological polar surface area (TPSA) is 41.3 Å². The Morgan fingerprint density at radius 1 is 0.783 bits per heavy atom. The van der Waals surface area contributed by atoms with Crippen molar-refractivity contribution in [1.82, 2.24) is 10.2 Å². The SMILES string of the molecule is CC(C)CN(CC(C)C)C(CNCCN)(CC(C)C)CC(C)C. The summed E-state index contributed by atoms with van der Waals surface area (Å²) in [5.74, 6) is 2.80. The van der Waals surface area contributed by atoms with E-state index in [2.05, 4.69) is 65.6 Å². The molecule has 0 aliphatic carbocycles. The van der Waals surface area contributed by atoms with E-state index in [9.17, 15) is 0 Å². The van der Waals surface area contributed by atoms with Crippen LogP contribution in [-0.4, -0.2) is 43.2 Å². The fraction of sp³-hybridized carbons (Fsp3) is 1.00. The molecule has 3 nitrogen and oxygen atoms in total. The van der Waals surface area contributed by atoms with Gasteiger partial charge < -0.3 is 11.1 Å². The normalized spacial score (nSPS) is 13.3. The Kier molecular flexibility index (Phi) is 11.4. The Morgan fingerprint density at radius 2 is 1.22 bits per heavy atom. The van der Waals surface area contributed by atoms with Gasteiger partial charge in [0, 0.05) is 38.3 Å². The minimum Gasteiger partial charge on any atom is -0.329 e. The summed E-state index contributed by atoms with van der Waals surface area (Å²) in [4.78, 5) is 2.80. The second kappa shape index (κ2) is 11.4. The van der Waals surface area contributed by atoms with Crippen molar-refractivity contribution < 1.29 is 0 Å². The number of hydrogen-bond donors (Lipinski definition) is 2. The number of nitrogens with two attached hydrogens (primary N) is 1. The molecule has 3 heteroatoms. The molecule has 0 fully saturated rings. The molecule has 0 atom stereocenters. The average molecular weight is 328 g/mol. The highest BCUT2D eigenvalue weighted by Crippen LogP contribution is 2.32. The van der Waals surface area contributed by atoms with E-state index in [1.54, 1.807) is 0 Å². The summed E-state index contributed by atoms with van der Waals surface area (Å²) in [6.45, 7) is 23.9. The van der Waals surface area contributed by atoms with Gasteiger partial charge in [-0.3, -0.25) is 4.90 Å². The Labute approximate surface area is 146 Å². The molecule has 0 aromatic heterocycles. The lowest BCUT2D eigenvalue weighted by molar-refractivity contribution is 0.0268. The zero-order chi connectivity index (χ0) is 18.0. The summed E-state index contributed by atoms with van der Waals surface area (Å²) in [6.07, 6.45) is 2.50. The zero-order valence-electron chi connectivity index (χ0n) is 17.3. The van der Waals surface area contributed by atoms with Crippen LogP contribution in [0.25, 0.3) is 0 Å². The molecule has 3 N–H and O–H groups in total. The predicted molar refractivity (Wildman–Crippen MR) is 105 cm³/mol. The number of hydrogen-bond acceptors (Lipinski definition) is 3. The van der Waals surface area contributed by atoms with Gasteiger partial charge in [-0.25, -0.2) is 0 Å². The molecule has 0 saturated carbocycles. The maximum absolute atomic E-state index is 5.72. The van der Waals surface area contributed by atoms with Crippen LogP contribution in [0, 0.1) is 23.7 Å². The molecule has 0 bridgehead atoms. The van der Waals surface area contributed by atoms with Gasteiger partial charge in [0.25, 0.3) is 0 Å². The second-order valence-electron chi connectivity index (χ2n) is 9.08. The minimum absolute atomic E-state index is 0.242. The van der Waals surface area contributed by atoms with Crippen molar-refractivity contribution in [2.45, 2.75) is 73.8 Å². The third-order valence-electron chi connectivity index (χ3n) is 4.19. The van der Waals surface area contributed by atoms with E-state index >= 15 is 0 Å². The summed E-state index contributed by atoms with van der Waals surface area (Å²) >= 11 is 0. The van der Waals surface area contributed by atoms with Gasteiger partial charge in [0.2, 0.25) is 0 Å². The molecule has 0 aliphatic rings. The van der Waals surface area contributed by atoms with Crippen LogP contribution in [0.3, 0.4) is 0 Å². The highest BCUT2D eigenvalue weighted by atomic mass is 15.2. The van der Waals surface area contributed by atoms with E-state index in [4.69, 9.17) is 5.73 Å². The van der Waals surface area contributed by atoms with Gasteiger partial charge in [-0.1, -0.05) is 55.4 Å². The number of nitrogens with one attached hydrogen (secondary N) is 1. The Bertz CT molecular complexity index is 265. The molecule has 0 spiro atoms. The highest BCUT2D eigenvalue weighted by molar-refractivity contribution is 4.95. The van der Waals surface area contributed by atoms with E-state index < -0.39 is 0 Å². The lowest BCUT2D eigenvalue weighted by atomic mass is 9.79. The standard InChI is InChI=1S/C20H45N3/c1-16(2)11-20(12-17(3)4,15-22-10-9-21)23(13-18(5)6)14-19(7)8/h16-19,22H,9-15,21H2,1-8H3. The van der Waals surface area contributed by atoms with Crippen molar-refractivity contribution in [1.29, 1.82) is 0 Å². The molecule has 0 radical (unpaired) electrons. The monoisotopic (exact) mass is 327 g/mol. The fourth-order valence-corrected chi connectivity index (χ4v) is 3.88. The van der Waals surface area contributed by atoms with E-state index in [0.29, 0.717) is 30.2 Å². The van der Waals surface area contributed by atoms with Gasteiger partial charge in [0.1, 0.15) is 0 Å². The summed E-state index contributed by atoms with van der Waals surface area (Å²) in [5, 5.41) is 3.65. The molecule has 0 aliphatic heterocycles. The average Bonchev–Trinajstić information content (AvgIpc) is 2.35. The Morgan fingerprint density at radius 3 is 1.52 bits per heavy atom. The number of nitrogens with zero attached hydrogens (tertiary/aromatic N) is 1. The lowest BCUT2D eigenvalue weighted by Gasteiger charge is -2.48. The predicted octanol–water partition coefficient (Wildman–Crippen LogP) is 3.98. The quantitative estimate of drug-likeness (QED) is 0.503. The van der Waals surface area contributed by atoms with Crippen molar-refractivity contribution in [2.75, 3.05) is 32.7 Å². The van der Waals surface area contributed by atoms with Gasteiger partial charge in [0.05, 0.1) is 0 Å². The molecule has 0 amide bonds. The first-order valence-electron chi connectivity index (χ1n) is 9.78. The van der Waals surface area contributed by atoms with Gasteiger partial charge in [-0.2, -0.15) is 0 Å². The minimum atomic E-state index is 0.242. The molecule has 0 aromatic carbocycles. The first kappa shape index (κ1) is 22.9. The van der Waals surface area contributed by atoms with Crippen LogP contribution in [0.4, 0.5) is 0 Å². The molecule has 0 heterocycles. The molecule has 0 unspecified atom stereocenters. The van der Waals surface area contributed by atoms with Crippen molar-refractivity contribution in [2.24, 2.45) is 29.4 Å². The van der Waals surface area contributed by atoms with Crippen LogP contribution in [0.2, 0.25) is 0 Å². The van der Waals surface area contributed by atoms with Crippen molar-refractivity contribution in [3.63, 3.8) is 0 Å². The number of rotatable bonds is 13. The Balaban J connectivity index is 5.53. The summed E-state index contributed by atoms with van der Waals surface area (Å²) < 4.78 is 0. The highest BCUT2D eigenvalue weighted by Gasteiger charge is 2.37. The maximum atomic E-state index is 5.72. The van der Waals surface area contributed by atoms with E-state index in [1.807, 2.05) is 0 Å². The molecule has 0 rings (SSSR count). The van der Waals surface area contributed by atoms with Crippen molar-refractivity contribution in [3.05, 3.63) is 0 Å². The largest absolute Gasteiger partial charge is 0.329 e. The second-order valence-corrected chi connectivity index (χ2v) is 9.08. The summed E-state index contributed by atoms with van der Waals surface area (Å²) in [7, 11) is 0. The third kappa shape index (κ3) is 9.69. The van der Waals surface area contributed by atoms with E-state index in [-0.39, 0.29) is 5.54 Å². The van der Waals surface area contributed by atoms with Crippen LogP contribution < -0.4 is 11.1 Å². The third-order valence-corrected chi connectivity index (χ3v) is 4.19. The summed E-state index contributed by atoms with van der Waals surface area (Å²) in [5.41, 5.74) is 5.96. The molecular formula is C20H45N3. The smallest absolute Gasteiger partial charge is 0.0339 e. The van der Waals surface area contributed by atoms with Gasteiger partial charge >= 0.3 is 0 Å². The van der Waals surface area contributed by atoms with E-state index in [1.165, 1.54) is 25.9 Å². The summed E-state index contributed by atoms with van der Waals surface area (Å²) in [6, 6.07) is 0. The van der Waals surface area contributed by atoms with Gasteiger partial charge in [-0.15, -0.1) is 0 Å². The molecule has 0 saturated heterocycles. The maximum Gasteiger partial charge on any atom is 0.0339 e. The lowest BCUT2D eigenvalue weighted by Crippen LogP contribution is -2.58. The van der Waals surface area contributed by atoms with Crippen LogP contribution in [-0.2, 0) is 0 Å². The van der Waals surface area contributed by atoms with Crippen LogP contribution in [0.15, 0.2) is 0 Å². The zero-order valence-corrected chi connectivity index (χ0v) is 17.3. The molecule has 0 aromatic rings. The molecule has 23 heavy (non-hydrogen) atoms. The van der Waals surface area contributed by atoms with E-state index in [0.717, 1.165) is 13.1 Å². The fourth-order valence-electron chi connectivity index (χ4n) is 3.88. The van der Waals surface area contributed by atoms with Gasteiger partial charge in [-0.05, 0) is 36.5 Å². The Hall–Kier alpha value is -0.120. The van der Waals surface area contributed by atoms with Crippen LogP contribution >= 0.6 is 0 Å². The molecule has 140 valence electrons. The molecular weight excluding hydrogens is 282 g/mol. The van der Waals surface area contributed by atoms with Crippen LogP contribution in [0.5, 0.6) is 0 Å². The first-order valence-corrected chi connectivity index (χ1v) is 9.78. The van der Waals surface area contributed by atoms with Crippen LogP contribution in [0.1, 0.15) is 68.2 Å². The van der Waals surface area contributed by atoms with Crippen molar-refractivity contribution >= 4 is 0 Å². The first-order chi connectivity index (χ1) is 10.6.